The first-order chi connectivity index (χ1) is 17.0. The Morgan fingerprint density at radius 2 is 2.00 bits per heavy atom. The Morgan fingerprint density at radius 3 is 2.61 bits per heavy atom. The number of anilines is 4. The maximum absolute atomic E-state index is 14.9. The van der Waals surface area contributed by atoms with Gasteiger partial charge in [0.1, 0.15) is 29.5 Å². The molecule has 2 aliphatic rings. The smallest absolute Gasteiger partial charge is 0.350 e. The molecule has 5 rings (SSSR count). The highest BCUT2D eigenvalue weighted by molar-refractivity contribution is 7.99. The van der Waals surface area contributed by atoms with Crippen LogP contribution in [-0.4, -0.2) is 56.0 Å². The molecule has 1 saturated carbocycles. The van der Waals surface area contributed by atoms with Crippen molar-refractivity contribution in [3.8, 4) is 0 Å². The maximum Gasteiger partial charge on any atom is 0.397 e. The number of hydrogen-bond donors (Lipinski definition) is 3. The number of hydrogen-bond acceptors (Lipinski definition) is 8. The largest absolute Gasteiger partial charge is 0.397 e. The van der Waals surface area contributed by atoms with E-state index >= 15 is 0 Å². The van der Waals surface area contributed by atoms with Gasteiger partial charge in [0.2, 0.25) is 5.91 Å². The van der Waals surface area contributed by atoms with E-state index < -0.39 is 24.2 Å². The van der Waals surface area contributed by atoms with Gasteiger partial charge in [0.15, 0.2) is 11.0 Å². The summed E-state index contributed by atoms with van der Waals surface area (Å²) in [4.78, 5) is 27.0. The van der Waals surface area contributed by atoms with Crippen LogP contribution >= 0.6 is 11.8 Å². The number of aromatic nitrogens is 5. The molecule has 36 heavy (non-hydrogen) atoms. The van der Waals surface area contributed by atoms with E-state index in [1.165, 1.54) is 24.0 Å². The van der Waals surface area contributed by atoms with Gasteiger partial charge in [-0.15, -0.1) is 0 Å². The second-order valence-electron chi connectivity index (χ2n) is 8.94. The molecule has 0 spiro atoms. The molecule has 4 heterocycles. The van der Waals surface area contributed by atoms with Crippen LogP contribution in [0.5, 0.6) is 0 Å². The van der Waals surface area contributed by atoms with Crippen molar-refractivity contribution in [2.75, 3.05) is 28.6 Å². The van der Waals surface area contributed by atoms with Gasteiger partial charge in [0.05, 0.1) is 13.1 Å². The number of carbonyl (C=O) groups excluding carboxylic acids is 1. The summed E-state index contributed by atoms with van der Waals surface area (Å²) in [6.45, 7) is 2.41. The van der Waals surface area contributed by atoms with Crippen molar-refractivity contribution >= 4 is 40.9 Å². The molecule has 0 unspecified atom stereocenters. The average Bonchev–Trinajstić information content (AvgIpc) is 3.54. The van der Waals surface area contributed by atoms with Gasteiger partial charge in [-0.2, -0.15) is 18.3 Å². The maximum atomic E-state index is 14.9. The number of alkyl halides is 4. The molecule has 3 aromatic rings. The van der Waals surface area contributed by atoms with Gasteiger partial charge in [-0.05, 0) is 49.6 Å². The lowest BCUT2D eigenvalue weighted by atomic mass is 9.91. The molecule has 0 radical (unpaired) electrons. The zero-order valence-electron chi connectivity index (χ0n) is 19.1. The van der Waals surface area contributed by atoms with Crippen molar-refractivity contribution in [1.82, 2.24) is 25.1 Å². The lowest BCUT2D eigenvalue weighted by molar-refractivity contribution is -0.150. The second-order valence-corrected chi connectivity index (χ2v) is 9.98. The van der Waals surface area contributed by atoms with Gasteiger partial charge >= 0.3 is 6.18 Å². The molecule has 0 aromatic carbocycles. The molecule has 1 aliphatic heterocycles. The first-order valence-corrected chi connectivity index (χ1v) is 12.0. The minimum Gasteiger partial charge on any atom is -0.350 e. The number of aryl methyl sites for hydroxylation is 1. The summed E-state index contributed by atoms with van der Waals surface area (Å²) in [6, 6.07) is 6.53. The van der Waals surface area contributed by atoms with Crippen LogP contribution in [0, 0.1) is 12.8 Å². The van der Waals surface area contributed by atoms with E-state index in [0.29, 0.717) is 27.5 Å². The Morgan fingerprint density at radius 1 is 1.22 bits per heavy atom. The predicted molar refractivity (Wildman–Crippen MR) is 129 cm³/mol. The fourth-order valence-electron chi connectivity index (χ4n) is 3.90. The molecule has 1 aliphatic carbocycles. The van der Waals surface area contributed by atoms with Crippen molar-refractivity contribution < 1.29 is 25.2 Å². The highest BCUT2D eigenvalue weighted by atomic mass is 32.2. The number of aromatic amines is 1. The SMILES string of the molecule is Cc1cc(Nc2cc(N3CC(F)(C4CC4)C3)nc(Sc3ccc(NC(=O)CC(F)(F)F)nc3)n2)n[nH]1.[HH].[HH]. The Kier molecular flexibility index (Phi) is 6.22. The number of halogens is 4. The van der Waals surface area contributed by atoms with Gasteiger partial charge in [0, 0.05) is 31.8 Å². The van der Waals surface area contributed by atoms with Crippen LogP contribution in [0.2, 0.25) is 0 Å². The molecule has 14 heteroatoms. The third kappa shape index (κ3) is 5.86. The molecule has 1 amide bonds. The van der Waals surface area contributed by atoms with Crippen LogP contribution in [0.3, 0.4) is 0 Å². The number of nitrogens with zero attached hydrogens (tertiary/aromatic N) is 5. The minimum absolute atomic E-state index is 0. The summed E-state index contributed by atoms with van der Waals surface area (Å²) >= 11 is 1.17. The van der Waals surface area contributed by atoms with Crippen LogP contribution in [0.1, 0.15) is 27.8 Å². The van der Waals surface area contributed by atoms with Crippen molar-refractivity contribution in [2.24, 2.45) is 5.92 Å². The van der Waals surface area contributed by atoms with Crippen LogP contribution in [-0.2, 0) is 4.79 Å². The van der Waals surface area contributed by atoms with E-state index in [1.54, 1.807) is 12.1 Å². The lowest BCUT2D eigenvalue weighted by Gasteiger charge is -2.45. The highest BCUT2D eigenvalue weighted by Gasteiger charge is 2.54. The predicted octanol–water partition coefficient (Wildman–Crippen LogP) is 5.12. The third-order valence-electron chi connectivity index (χ3n) is 5.77. The van der Waals surface area contributed by atoms with Crippen molar-refractivity contribution in [3.63, 3.8) is 0 Å². The molecule has 194 valence electrons. The molecule has 3 aromatic heterocycles. The number of pyridine rings is 1. The fourth-order valence-corrected chi connectivity index (χ4v) is 4.63. The Labute approximate surface area is 210 Å². The number of H-pyrrole nitrogens is 1. The van der Waals surface area contributed by atoms with Gasteiger partial charge in [0.25, 0.3) is 0 Å². The van der Waals surface area contributed by atoms with E-state index in [-0.39, 0.29) is 27.7 Å². The van der Waals surface area contributed by atoms with E-state index in [2.05, 4.69) is 35.8 Å². The summed E-state index contributed by atoms with van der Waals surface area (Å²) < 4.78 is 52.0. The standard InChI is InChI=1S/C22H22F4N8OS.2H2/c1-12-6-17(33-32-12)28-16-7-18(34-10-21(23,11-34)13-2-3-13)31-20(30-16)36-14-4-5-15(27-9-14)29-19(35)8-22(24,25)26;;/h4-7,9,13H,2-3,8,10-11H2,1H3,(H,27,29,35)(H2,28,30,31,32,33);2*1H. The number of nitrogens with one attached hydrogen (secondary N) is 3. The Balaban J connectivity index is 0.00000200. The van der Waals surface area contributed by atoms with Gasteiger partial charge in [-0.3, -0.25) is 9.89 Å². The van der Waals surface area contributed by atoms with E-state index in [0.717, 1.165) is 18.5 Å². The van der Waals surface area contributed by atoms with Crippen LogP contribution in [0.25, 0.3) is 0 Å². The molecule has 0 bridgehead atoms. The summed E-state index contributed by atoms with van der Waals surface area (Å²) in [6.07, 6.45) is -2.95. The molecule has 1 saturated heterocycles. The zero-order chi connectivity index (χ0) is 25.5. The third-order valence-corrected chi connectivity index (χ3v) is 6.61. The minimum atomic E-state index is -4.60. The van der Waals surface area contributed by atoms with Crippen molar-refractivity contribution in [3.05, 3.63) is 36.2 Å². The van der Waals surface area contributed by atoms with Crippen molar-refractivity contribution in [2.45, 2.75) is 48.1 Å². The molecule has 0 atom stereocenters. The lowest BCUT2D eigenvalue weighted by Crippen LogP contribution is -2.60. The first kappa shape index (κ1) is 24.3. The fraction of sp³-hybridized carbons (Fsp3) is 0.409. The number of rotatable bonds is 8. The molecular formula is C22H26F4N8OS. The Bertz CT molecular complexity index is 1270. The van der Waals surface area contributed by atoms with E-state index in [1.807, 2.05) is 17.9 Å². The van der Waals surface area contributed by atoms with Gasteiger partial charge < -0.3 is 15.5 Å². The first-order valence-electron chi connectivity index (χ1n) is 11.2. The summed E-state index contributed by atoms with van der Waals surface area (Å²) in [5.41, 5.74) is -0.314. The van der Waals surface area contributed by atoms with E-state index in [4.69, 9.17) is 0 Å². The molecular weight excluding hydrogens is 500 g/mol. The van der Waals surface area contributed by atoms with Crippen molar-refractivity contribution in [1.29, 1.82) is 0 Å². The highest BCUT2D eigenvalue weighted by Crippen LogP contribution is 2.48. The number of amides is 1. The topological polar surface area (TPSA) is 112 Å². The normalized spacial score (nSPS) is 17.0. The van der Waals surface area contributed by atoms with E-state index in [9.17, 15) is 22.4 Å². The molecule has 2 fully saturated rings. The summed E-state index contributed by atoms with van der Waals surface area (Å²) in [5, 5.41) is 12.6. The van der Waals surface area contributed by atoms with Crippen LogP contribution in [0.4, 0.5) is 40.8 Å². The quantitative estimate of drug-likeness (QED) is 0.274. The molecule has 9 nitrogen and oxygen atoms in total. The zero-order valence-corrected chi connectivity index (χ0v) is 19.9. The monoisotopic (exact) mass is 526 g/mol. The van der Waals surface area contributed by atoms with Gasteiger partial charge in [-0.25, -0.2) is 19.3 Å². The van der Waals surface area contributed by atoms with Crippen LogP contribution in [0.15, 0.2) is 40.5 Å². The summed E-state index contributed by atoms with van der Waals surface area (Å²) in [5.74, 6) is 0.534. The average molecular weight is 527 g/mol. The number of carbonyl (C=O) groups is 1. The summed E-state index contributed by atoms with van der Waals surface area (Å²) in [7, 11) is 0. The second kappa shape index (κ2) is 9.22. The van der Waals surface area contributed by atoms with Gasteiger partial charge in [-0.1, -0.05) is 0 Å². The van der Waals surface area contributed by atoms with Crippen LogP contribution < -0.4 is 15.5 Å². The molecule has 3 N–H and O–H groups in total. The Hall–Kier alpha value is -3.42.